The largest absolute Gasteiger partial charge is 0.465 e. The minimum Gasteiger partial charge on any atom is -0.465 e. The summed E-state index contributed by atoms with van der Waals surface area (Å²) in [4.78, 5) is 15.2. The Morgan fingerprint density at radius 1 is 1.67 bits per heavy atom. The lowest BCUT2D eigenvalue weighted by molar-refractivity contribution is -0.123. The number of Topliss-reactive ketones (excluding diaryl/α,β-unsaturated/α-hetero) is 1. The zero-order valence-electron chi connectivity index (χ0n) is 9.08. The maximum atomic E-state index is 11.2. The van der Waals surface area contributed by atoms with E-state index in [1.807, 2.05) is 13.8 Å². The first kappa shape index (κ1) is 12.0. The molecule has 1 atom stereocenters. The fourth-order valence-electron chi connectivity index (χ4n) is 1.20. The van der Waals surface area contributed by atoms with Gasteiger partial charge in [-0.2, -0.15) is 0 Å². The Bertz CT molecular complexity index is 366. The van der Waals surface area contributed by atoms with Crippen molar-refractivity contribution in [3.05, 3.63) is 22.8 Å². The monoisotopic (exact) mass is 227 g/mol. The van der Waals surface area contributed by atoms with E-state index in [0.29, 0.717) is 17.3 Å². The third-order valence-electron chi connectivity index (χ3n) is 2.02. The molecule has 0 saturated carbocycles. The predicted octanol–water partition coefficient (Wildman–Crippen LogP) is 2.79. The van der Waals surface area contributed by atoms with Crippen molar-refractivity contribution in [3.63, 3.8) is 0 Å². The van der Waals surface area contributed by atoms with Crippen molar-refractivity contribution in [2.24, 2.45) is 0 Å². The lowest BCUT2D eigenvalue weighted by Crippen LogP contribution is -2.24. The Hall–Kier alpha value is -1.09. The van der Waals surface area contributed by atoms with Gasteiger partial charge in [0.05, 0.1) is 0 Å². The Kier molecular flexibility index (Phi) is 4.09. The van der Waals surface area contributed by atoms with Gasteiger partial charge < -0.3 is 4.74 Å². The van der Waals surface area contributed by atoms with E-state index in [4.69, 9.17) is 16.3 Å². The number of hydrogen-bond donors (Lipinski definition) is 0. The molecule has 1 heterocycles. The van der Waals surface area contributed by atoms with Crippen LogP contribution >= 0.6 is 11.6 Å². The van der Waals surface area contributed by atoms with Gasteiger partial charge in [0.1, 0.15) is 5.02 Å². The van der Waals surface area contributed by atoms with Gasteiger partial charge in [-0.1, -0.05) is 18.5 Å². The van der Waals surface area contributed by atoms with Crippen LogP contribution in [0.1, 0.15) is 25.8 Å². The summed E-state index contributed by atoms with van der Waals surface area (Å²) in [5.74, 6) is 0.306. The number of rotatable bonds is 4. The van der Waals surface area contributed by atoms with Crippen molar-refractivity contribution in [2.75, 3.05) is 0 Å². The quantitative estimate of drug-likeness (QED) is 0.794. The van der Waals surface area contributed by atoms with Crippen LogP contribution in [0.2, 0.25) is 5.02 Å². The third-order valence-corrected chi connectivity index (χ3v) is 2.29. The van der Waals surface area contributed by atoms with E-state index in [-0.39, 0.29) is 5.78 Å². The van der Waals surface area contributed by atoms with Gasteiger partial charge >= 0.3 is 0 Å². The first-order valence-corrected chi connectivity index (χ1v) is 5.21. The molecule has 0 fully saturated rings. The van der Waals surface area contributed by atoms with Crippen molar-refractivity contribution in [3.8, 4) is 5.88 Å². The molecule has 1 aromatic rings. The van der Waals surface area contributed by atoms with Crippen LogP contribution in [0.3, 0.4) is 0 Å². The van der Waals surface area contributed by atoms with E-state index in [2.05, 4.69) is 4.98 Å². The van der Waals surface area contributed by atoms with Crippen LogP contribution in [0.15, 0.2) is 12.3 Å². The molecule has 0 aliphatic heterocycles. The topological polar surface area (TPSA) is 39.2 Å². The SMILES string of the molecule is CC[C@@H](Oc1ncc(C)cc1Cl)C(C)=O. The van der Waals surface area contributed by atoms with Crippen molar-refractivity contribution < 1.29 is 9.53 Å². The molecule has 0 N–H and O–H groups in total. The summed E-state index contributed by atoms with van der Waals surface area (Å²) in [7, 11) is 0. The van der Waals surface area contributed by atoms with E-state index < -0.39 is 6.10 Å². The maximum Gasteiger partial charge on any atom is 0.233 e. The summed E-state index contributed by atoms with van der Waals surface area (Å²) >= 11 is 5.94. The van der Waals surface area contributed by atoms with Gasteiger partial charge in [-0.15, -0.1) is 0 Å². The molecule has 0 radical (unpaired) electrons. The summed E-state index contributed by atoms with van der Waals surface area (Å²) in [5.41, 5.74) is 0.961. The molecule has 3 nitrogen and oxygen atoms in total. The normalized spacial score (nSPS) is 12.3. The lowest BCUT2D eigenvalue weighted by Gasteiger charge is -2.14. The molecular weight excluding hydrogens is 214 g/mol. The zero-order valence-corrected chi connectivity index (χ0v) is 9.84. The molecule has 0 unspecified atom stereocenters. The highest BCUT2D eigenvalue weighted by atomic mass is 35.5. The van der Waals surface area contributed by atoms with Crippen molar-refractivity contribution >= 4 is 17.4 Å². The molecule has 1 rings (SSSR count). The third kappa shape index (κ3) is 3.20. The van der Waals surface area contributed by atoms with Crippen LogP contribution in [-0.4, -0.2) is 16.9 Å². The number of ether oxygens (including phenoxy) is 1. The second-order valence-electron chi connectivity index (χ2n) is 3.43. The van der Waals surface area contributed by atoms with Crippen LogP contribution in [0, 0.1) is 6.92 Å². The van der Waals surface area contributed by atoms with E-state index in [1.165, 1.54) is 6.92 Å². The highest BCUT2D eigenvalue weighted by Gasteiger charge is 2.15. The van der Waals surface area contributed by atoms with Gasteiger partial charge in [0.25, 0.3) is 0 Å². The first-order valence-electron chi connectivity index (χ1n) is 4.83. The van der Waals surface area contributed by atoms with Gasteiger partial charge in [0.15, 0.2) is 11.9 Å². The molecule has 0 amide bonds. The maximum absolute atomic E-state index is 11.2. The summed E-state index contributed by atoms with van der Waals surface area (Å²) in [6.07, 6.45) is 1.81. The molecule has 0 saturated heterocycles. The average molecular weight is 228 g/mol. The Morgan fingerprint density at radius 2 is 2.33 bits per heavy atom. The lowest BCUT2D eigenvalue weighted by atomic mass is 10.2. The highest BCUT2D eigenvalue weighted by Crippen LogP contribution is 2.23. The molecule has 82 valence electrons. The number of aryl methyl sites for hydroxylation is 1. The van der Waals surface area contributed by atoms with Crippen LogP contribution in [-0.2, 0) is 4.79 Å². The van der Waals surface area contributed by atoms with E-state index >= 15 is 0 Å². The van der Waals surface area contributed by atoms with Gasteiger partial charge in [-0.05, 0) is 31.9 Å². The van der Waals surface area contributed by atoms with Crippen LogP contribution in [0.4, 0.5) is 0 Å². The van der Waals surface area contributed by atoms with Crippen molar-refractivity contribution in [1.29, 1.82) is 0 Å². The predicted molar refractivity (Wildman–Crippen MR) is 59.4 cm³/mol. The standard InChI is InChI=1S/C11H14ClNO2/c1-4-10(8(3)14)15-11-9(12)5-7(2)6-13-11/h5-6,10H,4H2,1-3H3/t10-/m1/s1. The number of hydrogen-bond acceptors (Lipinski definition) is 3. The average Bonchev–Trinajstić information content (AvgIpc) is 2.16. The Labute approximate surface area is 94.4 Å². The summed E-state index contributed by atoms with van der Waals surface area (Å²) < 4.78 is 5.42. The second kappa shape index (κ2) is 5.12. The molecule has 4 heteroatoms. The molecule has 0 aromatic carbocycles. The molecule has 0 spiro atoms. The number of nitrogens with zero attached hydrogens (tertiary/aromatic N) is 1. The number of pyridine rings is 1. The highest BCUT2D eigenvalue weighted by molar-refractivity contribution is 6.31. The smallest absolute Gasteiger partial charge is 0.233 e. The van der Waals surface area contributed by atoms with Gasteiger partial charge in [-0.3, -0.25) is 4.79 Å². The van der Waals surface area contributed by atoms with Crippen LogP contribution < -0.4 is 4.74 Å². The van der Waals surface area contributed by atoms with E-state index in [0.717, 1.165) is 5.56 Å². The second-order valence-corrected chi connectivity index (χ2v) is 3.83. The molecule has 0 aliphatic rings. The Morgan fingerprint density at radius 3 is 2.80 bits per heavy atom. The fraction of sp³-hybridized carbons (Fsp3) is 0.455. The molecular formula is C11H14ClNO2. The number of ketones is 1. The molecule has 1 aromatic heterocycles. The fourth-order valence-corrected chi connectivity index (χ4v) is 1.46. The van der Waals surface area contributed by atoms with Gasteiger partial charge in [-0.25, -0.2) is 4.98 Å². The summed E-state index contributed by atoms with van der Waals surface area (Å²) in [6, 6.07) is 1.76. The van der Waals surface area contributed by atoms with Crippen molar-refractivity contribution in [2.45, 2.75) is 33.3 Å². The number of aromatic nitrogens is 1. The first-order chi connectivity index (χ1) is 7.04. The number of carbonyl (C=O) groups excluding carboxylic acids is 1. The van der Waals surface area contributed by atoms with Crippen molar-refractivity contribution in [1.82, 2.24) is 4.98 Å². The Balaban J connectivity index is 2.84. The summed E-state index contributed by atoms with van der Waals surface area (Å²) in [6.45, 7) is 5.27. The van der Waals surface area contributed by atoms with E-state index in [9.17, 15) is 4.79 Å². The van der Waals surface area contributed by atoms with Gasteiger partial charge in [0, 0.05) is 6.20 Å². The minimum absolute atomic E-state index is 0.0176. The minimum atomic E-state index is -0.460. The van der Waals surface area contributed by atoms with Gasteiger partial charge in [0.2, 0.25) is 5.88 Å². The van der Waals surface area contributed by atoms with E-state index in [1.54, 1.807) is 12.3 Å². The number of carbonyl (C=O) groups is 1. The van der Waals surface area contributed by atoms with Crippen LogP contribution in [0.25, 0.3) is 0 Å². The zero-order chi connectivity index (χ0) is 11.4. The molecule has 0 aliphatic carbocycles. The number of halogens is 1. The molecule has 15 heavy (non-hydrogen) atoms. The summed E-state index contributed by atoms with van der Waals surface area (Å²) in [5, 5.41) is 0.440. The van der Waals surface area contributed by atoms with Crippen LogP contribution in [0.5, 0.6) is 5.88 Å². The molecule has 0 bridgehead atoms.